The van der Waals surface area contributed by atoms with Crippen LogP contribution in [0.15, 0.2) is 35.5 Å². The van der Waals surface area contributed by atoms with E-state index in [4.69, 9.17) is 0 Å². The molecule has 2 aromatic heterocycles. The summed E-state index contributed by atoms with van der Waals surface area (Å²) in [4.78, 5) is 26.8. The van der Waals surface area contributed by atoms with E-state index in [9.17, 15) is 9.59 Å². The molecule has 0 aromatic carbocycles. The molecule has 0 saturated heterocycles. The third kappa shape index (κ3) is 1.83. The molecule has 0 spiro atoms. The summed E-state index contributed by atoms with van der Waals surface area (Å²) >= 11 is 0. The Balaban J connectivity index is 2.21. The van der Waals surface area contributed by atoms with Gasteiger partial charge in [0.15, 0.2) is 0 Å². The van der Waals surface area contributed by atoms with Crippen LogP contribution in [0.1, 0.15) is 10.5 Å². The molecule has 2 heterocycles. The molecule has 1 amide bonds. The van der Waals surface area contributed by atoms with Crippen LogP contribution in [0, 0.1) is 0 Å². The number of nitrogens with one attached hydrogen (secondary N) is 1. The fraction of sp³-hybridized carbons (Fsp3) is 0.111. The third-order valence-corrected chi connectivity index (χ3v) is 1.94. The van der Waals surface area contributed by atoms with Gasteiger partial charge >= 0.3 is 5.69 Å². The van der Waals surface area contributed by atoms with Gasteiger partial charge in [-0.15, -0.1) is 0 Å². The molecule has 0 aliphatic rings. The highest BCUT2D eigenvalue weighted by Gasteiger charge is 2.08. The molecular formula is C9H9N5O2. The van der Waals surface area contributed by atoms with E-state index in [1.54, 1.807) is 18.2 Å². The number of nitrogens with zero attached hydrogens (tertiary/aromatic N) is 4. The molecule has 0 saturated carbocycles. The smallest absolute Gasteiger partial charge is 0.266 e. The Morgan fingerprint density at radius 2 is 2.25 bits per heavy atom. The Morgan fingerprint density at radius 1 is 1.44 bits per heavy atom. The van der Waals surface area contributed by atoms with Crippen LogP contribution in [-0.2, 0) is 7.05 Å². The standard InChI is InChI=1S/C9H9N5O2/c1-13-9(16)14(6-11-13)12-8(15)7-4-2-3-5-10-7/h2-6H,1H3,(H,12,15). The highest BCUT2D eigenvalue weighted by Crippen LogP contribution is 1.92. The van der Waals surface area contributed by atoms with Gasteiger partial charge in [0.05, 0.1) is 0 Å². The fourth-order valence-corrected chi connectivity index (χ4v) is 1.12. The predicted molar refractivity (Wildman–Crippen MR) is 55.4 cm³/mol. The van der Waals surface area contributed by atoms with Gasteiger partial charge in [0.25, 0.3) is 5.91 Å². The molecule has 7 heteroatoms. The molecule has 0 atom stereocenters. The van der Waals surface area contributed by atoms with Gasteiger partial charge in [0, 0.05) is 13.2 Å². The van der Waals surface area contributed by atoms with Crippen molar-refractivity contribution in [3.05, 3.63) is 46.9 Å². The number of pyridine rings is 1. The van der Waals surface area contributed by atoms with Crippen molar-refractivity contribution in [2.24, 2.45) is 7.05 Å². The lowest BCUT2D eigenvalue weighted by molar-refractivity contribution is 0.100. The zero-order valence-electron chi connectivity index (χ0n) is 8.49. The lowest BCUT2D eigenvalue weighted by Crippen LogP contribution is -2.33. The summed E-state index contributed by atoms with van der Waals surface area (Å²) in [5, 5.41) is 3.69. The maximum absolute atomic E-state index is 11.6. The number of amides is 1. The minimum Gasteiger partial charge on any atom is -0.266 e. The second-order valence-electron chi connectivity index (χ2n) is 3.06. The summed E-state index contributed by atoms with van der Waals surface area (Å²) in [6.07, 6.45) is 2.73. The highest BCUT2D eigenvalue weighted by atomic mass is 16.2. The summed E-state index contributed by atoms with van der Waals surface area (Å²) in [6.45, 7) is 0. The maximum Gasteiger partial charge on any atom is 0.364 e. The first kappa shape index (κ1) is 10.1. The van der Waals surface area contributed by atoms with Crippen molar-refractivity contribution in [1.29, 1.82) is 0 Å². The molecule has 0 fully saturated rings. The lowest BCUT2D eigenvalue weighted by atomic mass is 10.3. The number of hydrogen-bond acceptors (Lipinski definition) is 4. The molecule has 1 N–H and O–H groups in total. The molecule has 7 nitrogen and oxygen atoms in total. The van der Waals surface area contributed by atoms with Crippen LogP contribution in [0.4, 0.5) is 0 Å². The third-order valence-electron chi connectivity index (χ3n) is 1.94. The predicted octanol–water partition coefficient (Wildman–Crippen LogP) is -0.639. The molecule has 16 heavy (non-hydrogen) atoms. The van der Waals surface area contributed by atoms with Crippen LogP contribution in [0.5, 0.6) is 0 Å². The maximum atomic E-state index is 11.6. The van der Waals surface area contributed by atoms with Gasteiger partial charge in [-0.25, -0.2) is 9.48 Å². The Hall–Kier alpha value is -2.44. The number of aryl methyl sites for hydroxylation is 1. The quantitative estimate of drug-likeness (QED) is 0.728. The zero-order valence-corrected chi connectivity index (χ0v) is 8.49. The average molecular weight is 219 g/mol. The van der Waals surface area contributed by atoms with Gasteiger partial charge in [0.1, 0.15) is 12.0 Å². The first-order chi connectivity index (χ1) is 7.68. The van der Waals surface area contributed by atoms with Crippen LogP contribution in [-0.4, -0.2) is 25.3 Å². The van der Waals surface area contributed by atoms with Crippen LogP contribution in [0.3, 0.4) is 0 Å². The minimum atomic E-state index is -0.462. The first-order valence-corrected chi connectivity index (χ1v) is 4.51. The number of carbonyl (C=O) groups is 1. The van der Waals surface area contributed by atoms with Crippen molar-refractivity contribution in [2.45, 2.75) is 0 Å². The van der Waals surface area contributed by atoms with Crippen molar-refractivity contribution >= 4 is 5.91 Å². The molecule has 0 radical (unpaired) electrons. The Labute approximate surface area is 90.3 Å². The van der Waals surface area contributed by atoms with Crippen LogP contribution < -0.4 is 11.1 Å². The molecule has 82 valence electrons. The van der Waals surface area contributed by atoms with E-state index < -0.39 is 11.6 Å². The van der Waals surface area contributed by atoms with E-state index in [0.29, 0.717) is 0 Å². The number of hydrogen-bond donors (Lipinski definition) is 1. The molecule has 0 aliphatic carbocycles. The Morgan fingerprint density at radius 3 is 2.81 bits per heavy atom. The SMILES string of the molecule is Cn1ncn(NC(=O)c2ccccn2)c1=O. The summed E-state index contributed by atoms with van der Waals surface area (Å²) < 4.78 is 2.11. The summed E-state index contributed by atoms with van der Waals surface area (Å²) in [5.41, 5.74) is 2.17. The van der Waals surface area contributed by atoms with Gasteiger partial charge in [-0.2, -0.15) is 9.77 Å². The highest BCUT2D eigenvalue weighted by molar-refractivity contribution is 5.98. The largest absolute Gasteiger partial charge is 0.364 e. The molecule has 2 aromatic rings. The van der Waals surface area contributed by atoms with Gasteiger partial charge in [-0.3, -0.25) is 15.2 Å². The van der Waals surface area contributed by atoms with E-state index in [1.165, 1.54) is 19.6 Å². The molecule has 0 aliphatic heterocycles. The molecule has 0 unspecified atom stereocenters. The summed E-state index contributed by atoms with van der Waals surface area (Å²) in [6, 6.07) is 4.94. The van der Waals surface area contributed by atoms with Crippen molar-refractivity contribution < 1.29 is 4.79 Å². The number of carbonyl (C=O) groups excluding carboxylic acids is 1. The summed E-state index contributed by atoms with van der Waals surface area (Å²) in [5.74, 6) is -0.462. The molecule has 2 rings (SSSR count). The summed E-state index contributed by atoms with van der Waals surface area (Å²) in [7, 11) is 1.49. The minimum absolute atomic E-state index is 0.234. The van der Waals surface area contributed by atoms with E-state index in [-0.39, 0.29) is 5.69 Å². The average Bonchev–Trinajstić information content (AvgIpc) is 2.62. The van der Waals surface area contributed by atoms with Gasteiger partial charge in [0.2, 0.25) is 0 Å². The van der Waals surface area contributed by atoms with Gasteiger partial charge < -0.3 is 0 Å². The van der Waals surface area contributed by atoms with Crippen LogP contribution in [0.25, 0.3) is 0 Å². The second-order valence-corrected chi connectivity index (χ2v) is 3.06. The lowest BCUT2D eigenvalue weighted by Gasteiger charge is -2.02. The fourth-order valence-electron chi connectivity index (χ4n) is 1.12. The van der Waals surface area contributed by atoms with E-state index in [2.05, 4.69) is 15.5 Å². The van der Waals surface area contributed by atoms with Crippen LogP contribution in [0.2, 0.25) is 0 Å². The Kier molecular flexibility index (Phi) is 2.50. The van der Waals surface area contributed by atoms with Crippen molar-refractivity contribution in [2.75, 3.05) is 5.43 Å². The topological polar surface area (TPSA) is 81.8 Å². The molecule has 0 bridgehead atoms. The van der Waals surface area contributed by atoms with E-state index in [1.807, 2.05) is 0 Å². The van der Waals surface area contributed by atoms with Crippen molar-refractivity contribution in [1.82, 2.24) is 19.4 Å². The van der Waals surface area contributed by atoms with E-state index >= 15 is 0 Å². The van der Waals surface area contributed by atoms with Crippen LogP contribution >= 0.6 is 0 Å². The Bertz CT molecular complexity index is 557. The monoisotopic (exact) mass is 219 g/mol. The van der Waals surface area contributed by atoms with Crippen molar-refractivity contribution in [3.8, 4) is 0 Å². The van der Waals surface area contributed by atoms with Gasteiger partial charge in [-0.1, -0.05) is 6.07 Å². The first-order valence-electron chi connectivity index (χ1n) is 4.51. The van der Waals surface area contributed by atoms with Crippen molar-refractivity contribution in [3.63, 3.8) is 0 Å². The zero-order chi connectivity index (χ0) is 11.5. The van der Waals surface area contributed by atoms with Gasteiger partial charge in [-0.05, 0) is 12.1 Å². The number of aromatic nitrogens is 4. The van der Waals surface area contributed by atoms with E-state index in [0.717, 1.165) is 9.36 Å². The molecular weight excluding hydrogens is 210 g/mol. The number of rotatable bonds is 2. The second kappa shape index (κ2) is 3.97. The normalized spacial score (nSPS) is 10.1.